The summed E-state index contributed by atoms with van der Waals surface area (Å²) >= 11 is 0. The molecule has 0 aliphatic heterocycles. The zero-order valence-electron chi connectivity index (χ0n) is 9.29. The molecule has 0 spiro atoms. The molecule has 5 nitrogen and oxygen atoms in total. The molecule has 5 heteroatoms. The van der Waals surface area contributed by atoms with Crippen LogP contribution in [0.2, 0.25) is 0 Å². The summed E-state index contributed by atoms with van der Waals surface area (Å²) in [5.41, 5.74) is 10.1. The Morgan fingerprint density at radius 2 is 1.87 bits per heavy atom. The van der Waals surface area contributed by atoms with Gasteiger partial charge in [0.05, 0.1) is 12.5 Å². The predicted octanol–water partition coefficient (Wildman–Crippen LogP) is -0.114. The second-order valence-electron chi connectivity index (χ2n) is 3.64. The fraction of sp³-hybridized carbons (Fsp3) is 0.800. The molecular weight excluding hydrogens is 194 g/mol. The highest BCUT2D eigenvalue weighted by molar-refractivity contribution is 5.86. The number of nitrogens with one attached hydrogen (secondary N) is 1. The van der Waals surface area contributed by atoms with Gasteiger partial charge < -0.3 is 16.8 Å². The summed E-state index contributed by atoms with van der Waals surface area (Å²) in [5.74, 6) is -1.04. The number of hydrogen-bond acceptors (Lipinski definition) is 3. The second kappa shape index (κ2) is 8.23. The summed E-state index contributed by atoms with van der Waals surface area (Å²) in [6.07, 6.45) is 4.42. The Morgan fingerprint density at radius 3 is 2.33 bits per heavy atom. The number of carbonyl (C=O) groups excluding carboxylic acids is 2. The third-order valence-corrected chi connectivity index (χ3v) is 2.17. The first-order valence-corrected chi connectivity index (χ1v) is 5.39. The minimum atomic E-state index is -0.621. The van der Waals surface area contributed by atoms with E-state index in [1.807, 2.05) is 0 Å². The minimum Gasteiger partial charge on any atom is -0.370 e. The van der Waals surface area contributed by atoms with Gasteiger partial charge in [-0.3, -0.25) is 9.59 Å². The van der Waals surface area contributed by atoms with Crippen molar-refractivity contribution < 1.29 is 9.59 Å². The van der Waals surface area contributed by atoms with Crippen LogP contribution >= 0.6 is 0 Å². The summed E-state index contributed by atoms with van der Waals surface area (Å²) in [6, 6.07) is -0.621. The Balaban J connectivity index is 3.67. The van der Waals surface area contributed by atoms with Crippen molar-refractivity contribution in [2.45, 2.75) is 45.1 Å². The van der Waals surface area contributed by atoms with E-state index >= 15 is 0 Å². The number of carbonyl (C=O) groups is 2. The van der Waals surface area contributed by atoms with E-state index in [4.69, 9.17) is 11.5 Å². The Kier molecular flexibility index (Phi) is 7.62. The van der Waals surface area contributed by atoms with Crippen LogP contribution in [-0.4, -0.2) is 24.4 Å². The van der Waals surface area contributed by atoms with E-state index in [1.54, 1.807) is 0 Å². The lowest BCUT2D eigenvalue weighted by molar-refractivity contribution is -0.125. The normalized spacial score (nSPS) is 12.3. The quantitative estimate of drug-likeness (QED) is 0.468. The van der Waals surface area contributed by atoms with Gasteiger partial charge in [-0.05, 0) is 13.0 Å². The number of hydrogen-bond donors (Lipinski definition) is 3. The molecule has 0 fully saturated rings. The van der Waals surface area contributed by atoms with Crippen molar-refractivity contribution in [3.05, 3.63) is 0 Å². The molecular formula is C10H21N3O2. The second-order valence-corrected chi connectivity index (χ2v) is 3.64. The van der Waals surface area contributed by atoms with Gasteiger partial charge in [0.1, 0.15) is 0 Å². The van der Waals surface area contributed by atoms with Crippen LogP contribution in [0.3, 0.4) is 0 Å². The standard InChI is InChI=1S/C10H21N3O2/c1-2-3-4-5-6-13-8(10(12)15)7-9(11)14/h8,13H,2-7H2,1H3,(H2,11,14)(H2,12,15)/t8-/m0/s1. The zero-order chi connectivity index (χ0) is 11.7. The maximum absolute atomic E-state index is 10.9. The van der Waals surface area contributed by atoms with Crippen molar-refractivity contribution >= 4 is 11.8 Å². The third kappa shape index (κ3) is 7.93. The van der Waals surface area contributed by atoms with Gasteiger partial charge in [0, 0.05) is 0 Å². The monoisotopic (exact) mass is 215 g/mol. The van der Waals surface area contributed by atoms with Crippen molar-refractivity contribution in [3.63, 3.8) is 0 Å². The maximum Gasteiger partial charge on any atom is 0.235 e. The van der Waals surface area contributed by atoms with E-state index in [1.165, 1.54) is 12.8 Å². The topological polar surface area (TPSA) is 98.2 Å². The molecule has 2 amide bonds. The van der Waals surface area contributed by atoms with Crippen LogP contribution in [0.1, 0.15) is 39.0 Å². The molecule has 0 rings (SSSR count). The first-order chi connectivity index (χ1) is 7.07. The molecule has 0 aromatic rings. The largest absolute Gasteiger partial charge is 0.370 e. The molecule has 15 heavy (non-hydrogen) atoms. The average Bonchev–Trinajstić information content (AvgIpc) is 2.15. The Morgan fingerprint density at radius 1 is 1.20 bits per heavy atom. The summed E-state index contributed by atoms with van der Waals surface area (Å²) in [6.45, 7) is 2.83. The highest BCUT2D eigenvalue weighted by atomic mass is 16.2. The van der Waals surface area contributed by atoms with Crippen molar-refractivity contribution in [3.8, 4) is 0 Å². The van der Waals surface area contributed by atoms with Gasteiger partial charge in [0.15, 0.2) is 0 Å². The van der Waals surface area contributed by atoms with E-state index in [0.717, 1.165) is 12.8 Å². The van der Waals surface area contributed by atoms with Crippen molar-refractivity contribution in [2.24, 2.45) is 11.5 Å². The zero-order valence-corrected chi connectivity index (χ0v) is 9.29. The molecule has 0 aromatic heterocycles. The lowest BCUT2D eigenvalue weighted by atomic mass is 10.1. The SMILES string of the molecule is CCCCCCN[C@@H](CC(N)=O)C(N)=O. The third-order valence-electron chi connectivity index (χ3n) is 2.17. The number of unbranched alkanes of at least 4 members (excludes halogenated alkanes) is 3. The molecule has 0 aliphatic rings. The van der Waals surface area contributed by atoms with Gasteiger partial charge >= 0.3 is 0 Å². The highest BCUT2D eigenvalue weighted by Crippen LogP contribution is 1.98. The number of amides is 2. The van der Waals surface area contributed by atoms with Crippen LogP contribution in [0.5, 0.6) is 0 Å². The molecule has 0 bridgehead atoms. The van der Waals surface area contributed by atoms with Crippen LogP contribution < -0.4 is 16.8 Å². The molecule has 0 saturated carbocycles. The first-order valence-electron chi connectivity index (χ1n) is 5.39. The van der Waals surface area contributed by atoms with Crippen molar-refractivity contribution in [1.29, 1.82) is 0 Å². The lowest BCUT2D eigenvalue weighted by Crippen LogP contribution is -2.44. The van der Waals surface area contributed by atoms with E-state index in [0.29, 0.717) is 6.54 Å². The Labute approximate surface area is 90.6 Å². The smallest absolute Gasteiger partial charge is 0.235 e. The Hall–Kier alpha value is -1.10. The average molecular weight is 215 g/mol. The fourth-order valence-electron chi connectivity index (χ4n) is 1.30. The van der Waals surface area contributed by atoms with Gasteiger partial charge in [-0.1, -0.05) is 26.2 Å². The number of rotatable bonds is 9. The van der Waals surface area contributed by atoms with E-state index in [-0.39, 0.29) is 6.42 Å². The molecule has 0 unspecified atom stereocenters. The summed E-state index contributed by atoms with van der Waals surface area (Å²) in [5, 5.41) is 2.93. The minimum absolute atomic E-state index is 0.0247. The summed E-state index contributed by atoms with van der Waals surface area (Å²) in [4.78, 5) is 21.5. The summed E-state index contributed by atoms with van der Waals surface area (Å²) < 4.78 is 0. The van der Waals surface area contributed by atoms with Gasteiger partial charge in [0.2, 0.25) is 11.8 Å². The molecule has 0 aromatic carbocycles. The highest BCUT2D eigenvalue weighted by Gasteiger charge is 2.16. The van der Waals surface area contributed by atoms with Crippen molar-refractivity contribution in [1.82, 2.24) is 5.32 Å². The maximum atomic E-state index is 10.9. The molecule has 5 N–H and O–H groups in total. The predicted molar refractivity (Wildman–Crippen MR) is 58.9 cm³/mol. The van der Waals surface area contributed by atoms with Gasteiger partial charge in [-0.25, -0.2) is 0 Å². The Bertz CT molecular complexity index is 207. The molecule has 1 atom stereocenters. The fourth-order valence-corrected chi connectivity index (χ4v) is 1.30. The van der Waals surface area contributed by atoms with Crippen LogP contribution in [0.15, 0.2) is 0 Å². The number of nitrogens with two attached hydrogens (primary N) is 2. The first kappa shape index (κ1) is 13.9. The molecule has 0 heterocycles. The molecule has 0 aliphatic carbocycles. The van der Waals surface area contributed by atoms with Crippen LogP contribution in [0.25, 0.3) is 0 Å². The van der Waals surface area contributed by atoms with Crippen LogP contribution in [0, 0.1) is 0 Å². The van der Waals surface area contributed by atoms with Gasteiger partial charge in [-0.15, -0.1) is 0 Å². The molecule has 88 valence electrons. The van der Waals surface area contributed by atoms with E-state index in [9.17, 15) is 9.59 Å². The molecule has 0 radical (unpaired) electrons. The van der Waals surface area contributed by atoms with Crippen molar-refractivity contribution in [2.75, 3.05) is 6.54 Å². The molecule has 0 saturated heterocycles. The number of primary amides is 2. The van der Waals surface area contributed by atoms with Crippen LogP contribution in [0.4, 0.5) is 0 Å². The lowest BCUT2D eigenvalue weighted by Gasteiger charge is -2.13. The summed E-state index contributed by atoms with van der Waals surface area (Å²) in [7, 11) is 0. The van der Waals surface area contributed by atoms with E-state index < -0.39 is 17.9 Å². The van der Waals surface area contributed by atoms with Crippen LogP contribution in [-0.2, 0) is 9.59 Å². The van der Waals surface area contributed by atoms with Gasteiger partial charge in [-0.2, -0.15) is 0 Å². The van der Waals surface area contributed by atoms with E-state index in [2.05, 4.69) is 12.2 Å². The van der Waals surface area contributed by atoms with Gasteiger partial charge in [0.25, 0.3) is 0 Å².